The van der Waals surface area contributed by atoms with Gasteiger partial charge in [-0.1, -0.05) is 97.1 Å². The molecule has 0 radical (unpaired) electrons. The van der Waals surface area contributed by atoms with Gasteiger partial charge in [0.05, 0.1) is 0 Å². The summed E-state index contributed by atoms with van der Waals surface area (Å²) in [5.41, 5.74) is 0. The first-order valence-corrected chi connectivity index (χ1v) is 11.2. The van der Waals surface area contributed by atoms with Gasteiger partial charge in [-0.15, -0.1) is 0 Å². The molecule has 146 valence electrons. The molecule has 0 aliphatic rings. The van der Waals surface area contributed by atoms with Crippen molar-refractivity contribution in [2.75, 3.05) is 0 Å². The normalized spacial score (nSPS) is 12.4. The molecule has 0 spiro atoms. The van der Waals surface area contributed by atoms with Crippen LogP contribution in [-0.4, -0.2) is 0 Å². The van der Waals surface area contributed by atoms with E-state index in [9.17, 15) is 0 Å². The van der Waals surface area contributed by atoms with Crippen molar-refractivity contribution in [3.05, 3.63) is 109 Å². The van der Waals surface area contributed by atoms with E-state index in [2.05, 4.69) is 109 Å². The van der Waals surface area contributed by atoms with Crippen LogP contribution in [-0.2, 0) is 0 Å². The maximum absolute atomic E-state index is 2.41. The van der Waals surface area contributed by atoms with Crippen molar-refractivity contribution in [2.45, 2.75) is 0 Å². The molecule has 0 aliphatic heterocycles. The van der Waals surface area contributed by atoms with Gasteiger partial charge in [-0.05, 0) is 87.5 Å². The van der Waals surface area contributed by atoms with E-state index >= 15 is 0 Å². The first-order chi connectivity index (χ1) is 15.9. The lowest BCUT2D eigenvalue weighted by Gasteiger charge is -2.20. The van der Waals surface area contributed by atoms with Crippen molar-refractivity contribution >= 4 is 75.4 Å². The Morgan fingerprint density at radius 2 is 0.594 bits per heavy atom. The van der Waals surface area contributed by atoms with E-state index in [1.54, 1.807) is 0 Å². The summed E-state index contributed by atoms with van der Waals surface area (Å²) in [6, 6.07) is 40.4. The van der Waals surface area contributed by atoms with Gasteiger partial charge in [-0.2, -0.15) is 0 Å². The van der Waals surface area contributed by atoms with Crippen LogP contribution in [0, 0.1) is 0 Å². The van der Waals surface area contributed by atoms with E-state index in [0.29, 0.717) is 0 Å². The van der Waals surface area contributed by atoms with E-state index in [-0.39, 0.29) is 0 Å². The third-order valence-corrected chi connectivity index (χ3v) is 7.32. The Hall–Kier alpha value is -4.16. The second-order valence-electron chi connectivity index (χ2n) is 8.88. The lowest BCUT2D eigenvalue weighted by atomic mass is 9.82. The zero-order valence-corrected chi connectivity index (χ0v) is 17.4. The molecule has 0 heterocycles. The summed E-state index contributed by atoms with van der Waals surface area (Å²) in [4.78, 5) is 0. The van der Waals surface area contributed by atoms with Gasteiger partial charge in [0.2, 0.25) is 0 Å². The van der Waals surface area contributed by atoms with E-state index < -0.39 is 0 Å². The highest BCUT2D eigenvalue weighted by Crippen LogP contribution is 2.49. The third kappa shape index (κ3) is 1.89. The maximum atomic E-state index is 2.41. The van der Waals surface area contributed by atoms with Gasteiger partial charge in [0.1, 0.15) is 0 Å². The number of hydrogen-bond donors (Lipinski definition) is 0. The quantitative estimate of drug-likeness (QED) is 0.175. The standard InChI is InChI=1S/C32H18/c1-3-11-21-19(9-1)17-27-23-13-5-8-16-26(23)30-22-12-4-2-10-20(22)18-28-24-14-6-7-15-25(24)29(21)31(27)32(28)30/h1-18H. The van der Waals surface area contributed by atoms with Crippen molar-refractivity contribution < 1.29 is 0 Å². The molecule has 8 aromatic carbocycles. The molecule has 8 aromatic rings. The van der Waals surface area contributed by atoms with E-state index in [1.165, 1.54) is 75.4 Å². The second-order valence-corrected chi connectivity index (χ2v) is 8.88. The van der Waals surface area contributed by atoms with Gasteiger partial charge in [0.25, 0.3) is 0 Å². The van der Waals surface area contributed by atoms with E-state index in [1.807, 2.05) is 0 Å². The van der Waals surface area contributed by atoms with Crippen LogP contribution >= 0.6 is 0 Å². The molecule has 0 amide bonds. The van der Waals surface area contributed by atoms with Gasteiger partial charge in [-0.25, -0.2) is 0 Å². The van der Waals surface area contributed by atoms with Crippen molar-refractivity contribution in [2.24, 2.45) is 0 Å². The minimum absolute atomic E-state index is 1.30. The molecular weight excluding hydrogens is 384 g/mol. The molecule has 0 bridgehead atoms. The molecule has 0 aliphatic carbocycles. The second kappa shape index (κ2) is 5.75. The van der Waals surface area contributed by atoms with Crippen LogP contribution in [0.5, 0.6) is 0 Å². The molecule has 0 N–H and O–H groups in total. The Balaban J connectivity index is 1.91. The van der Waals surface area contributed by atoms with Gasteiger partial charge in [0, 0.05) is 0 Å². The Kier molecular flexibility index (Phi) is 2.97. The predicted octanol–water partition coefficient (Wildman–Crippen LogP) is 9.20. The van der Waals surface area contributed by atoms with Crippen molar-refractivity contribution in [3.63, 3.8) is 0 Å². The fourth-order valence-corrected chi connectivity index (χ4v) is 6.07. The first kappa shape index (κ1) is 16.5. The molecule has 0 saturated heterocycles. The molecule has 0 atom stereocenters. The topological polar surface area (TPSA) is 0 Å². The highest BCUT2D eigenvalue weighted by atomic mass is 14.2. The molecule has 8 rings (SSSR count). The Morgan fingerprint density at radius 3 is 1.03 bits per heavy atom. The number of fused-ring (bicyclic) bond motifs is 10. The SMILES string of the molecule is c1ccc2c(c1)cc1c3ccccc3c3c4ccccc4cc4c5ccccc5c2c1c43. The molecule has 0 aromatic heterocycles. The van der Waals surface area contributed by atoms with Crippen LogP contribution in [0.25, 0.3) is 75.4 Å². The lowest BCUT2D eigenvalue weighted by Crippen LogP contribution is -1.92. The molecule has 0 nitrogen and oxygen atoms in total. The van der Waals surface area contributed by atoms with E-state index in [0.717, 1.165) is 0 Å². The van der Waals surface area contributed by atoms with Gasteiger partial charge >= 0.3 is 0 Å². The van der Waals surface area contributed by atoms with Gasteiger partial charge in [-0.3, -0.25) is 0 Å². The summed E-state index contributed by atoms with van der Waals surface area (Å²) in [6.07, 6.45) is 0. The van der Waals surface area contributed by atoms with Crippen molar-refractivity contribution in [1.82, 2.24) is 0 Å². The van der Waals surface area contributed by atoms with Crippen LogP contribution in [0.3, 0.4) is 0 Å². The number of rotatable bonds is 0. The lowest BCUT2D eigenvalue weighted by molar-refractivity contribution is 1.79. The highest BCUT2D eigenvalue weighted by Gasteiger charge is 2.20. The number of benzene rings is 8. The summed E-state index contributed by atoms with van der Waals surface area (Å²) in [5, 5.41) is 18.9. The smallest absolute Gasteiger partial charge is 0.000719 e. The van der Waals surface area contributed by atoms with Crippen LogP contribution < -0.4 is 0 Å². The van der Waals surface area contributed by atoms with Crippen LogP contribution in [0.2, 0.25) is 0 Å². The van der Waals surface area contributed by atoms with Crippen molar-refractivity contribution in [1.29, 1.82) is 0 Å². The summed E-state index contributed by atoms with van der Waals surface area (Å²) >= 11 is 0. The monoisotopic (exact) mass is 402 g/mol. The fourth-order valence-electron chi connectivity index (χ4n) is 6.07. The molecule has 0 unspecified atom stereocenters. The van der Waals surface area contributed by atoms with Crippen molar-refractivity contribution in [3.8, 4) is 0 Å². The molecule has 0 fully saturated rings. The Bertz CT molecular complexity index is 1880. The average Bonchev–Trinajstić information content (AvgIpc) is 2.87. The number of hydrogen-bond acceptors (Lipinski definition) is 0. The first-order valence-electron chi connectivity index (χ1n) is 11.2. The Labute approximate surface area is 184 Å². The van der Waals surface area contributed by atoms with Crippen LogP contribution in [0.15, 0.2) is 109 Å². The Morgan fingerprint density at radius 1 is 0.250 bits per heavy atom. The van der Waals surface area contributed by atoms with E-state index in [4.69, 9.17) is 0 Å². The zero-order valence-electron chi connectivity index (χ0n) is 17.4. The third-order valence-electron chi connectivity index (χ3n) is 7.32. The highest BCUT2D eigenvalue weighted by molar-refractivity contribution is 6.46. The molecular formula is C32H18. The molecule has 0 saturated carbocycles. The fraction of sp³-hybridized carbons (Fsp3) is 0. The minimum atomic E-state index is 1.30. The summed E-state index contributed by atoms with van der Waals surface area (Å²) < 4.78 is 0. The summed E-state index contributed by atoms with van der Waals surface area (Å²) in [7, 11) is 0. The average molecular weight is 402 g/mol. The summed E-state index contributed by atoms with van der Waals surface area (Å²) in [6.45, 7) is 0. The predicted molar refractivity (Wildman–Crippen MR) is 140 cm³/mol. The largest absolute Gasteiger partial charge is 0.0616 e. The van der Waals surface area contributed by atoms with Crippen LogP contribution in [0.1, 0.15) is 0 Å². The van der Waals surface area contributed by atoms with Gasteiger partial charge in [0.15, 0.2) is 0 Å². The maximum Gasteiger partial charge on any atom is -0.000719 e. The van der Waals surface area contributed by atoms with Crippen LogP contribution in [0.4, 0.5) is 0 Å². The van der Waals surface area contributed by atoms with Gasteiger partial charge < -0.3 is 0 Å². The zero-order chi connectivity index (χ0) is 20.8. The molecule has 0 heteroatoms. The molecule has 32 heavy (non-hydrogen) atoms. The summed E-state index contributed by atoms with van der Waals surface area (Å²) in [5.74, 6) is 0. The minimum Gasteiger partial charge on any atom is -0.0616 e.